The normalized spacial score (nSPS) is 9.27. The van der Waals surface area contributed by atoms with Crippen molar-refractivity contribution in [2.45, 2.75) is 0 Å². The second-order valence-electron chi connectivity index (χ2n) is 2.73. The van der Waals surface area contributed by atoms with Crippen LogP contribution in [0.5, 0.6) is 0 Å². The molecule has 0 amide bonds. The van der Waals surface area contributed by atoms with E-state index in [0.29, 0.717) is 11.6 Å². The first-order valence-electron chi connectivity index (χ1n) is 4.26. The average Bonchev–Trinajstić information content (AvgIpc) is 2.71. The minimum atomic E-state index is 0.460. The van der Waals surface area contributed by atoms with E-state index in [1.807, 2.05) is 12.1 Å². The van der Waals surface area contributed by atoms with E-state index in [1.165, 1.54) is 6.33 Å². The first-order valence-corrected chi connectivity index (χ1v) is 4.26. The largest absolute Gasteiger partial charge is 0.348 e. The molecule has 0 atom stereocenters. The van der Waals surface area contributed by atoms with Crippen LogP contribution in [0, 0.1) is 11.5 Å². The Kier molecular flexibility index (Phi) is 2.47. The van der Waals surface area contributed by atoms with Gasteiger partial charge in [-0.05, 0) is 12.1 Å². The molecular weight excluding hydrogens is 192 g/mol. The van der Waals surface area contributed by atoms with E-state index in [0.717, 1.165) is 5.82 Å². The highest BCUT2D eigenvalue weighted by Gasteiger charge is 1.98. The van der Waals surface area contributed by atoms with E-state index in [9.17, 15) is 0 Å². The standard InChI is InChI=1S/C9H8N6/c10-5-12-8-4-9(14-6-13-8)15-7-2-1-3-11-7/h1-4,6,11H,(H2,12,13,14,15). The third-order valence-corrected chi connectivity index (χ3v) is 1.71. The summed E-state index contributed by atoms with van der Waals surface area (Å²) in [5.74, 6) is 1.91. The van der Waals surface area contributed by atoms with Crippen LogP contribution in [0.15, 0.2) is 30.7 Å². The number of rotatable bonds is 3. The second-order valence-corrected chi connectivity index (χ2v) is 2.73. The lowest BCUT2D eigenvalue weighted by atomic mass is 10.5. The maximum atomic E-state index is 8.42. The molecule has 0 aliphatic heterocycles. The van der Waals surface area contributed by atoms with Gasteiger partial charge in [-0.2, -0.15) is 5.26 Å². The number of nitrogens with one attached hydrogen (secondary N) is 3. The molecule has 0 aromatic carbocycles. The molecule has 0 spiro atoms. The van der Waals surface area contributed by atoms with Crippen molar-refractivity contribution in [2.24, 2.45) is 0 Å². The Morgan fingerprint density at radius 1 is 1.33 bits per heavy atom. The summed E-state index contributed by atoms with van der Waals surface area (Å²) < 4.78 is 0. The predicted octanol–water partition coefficient (Wildman–Crippen LogP) is 1.44. The van der Waals surface area contributed by atoms with Gasteiger partial charge in [-0.3, -0.25) is 5.32 Å². The summed E-state index contributed by atoms with van der Waals surface area (Å²) in [6.45, 7) is 0. The lowest BCUT2D eigenvalue weighted by Gasteiger charge is -2.03. The summed E-state index contributed by atoms with van der Waals surface area (Å²) in [5, 5.41) is 13.9. The Balaban J connectivity index is 2.15. The number of aromatic nitrogens is 3. The molecule has 0 saturated carbocycles. The van der Waals surface area contributed by atoms with Crippen LogP contribution < -0.4 is 10.6 Å². The number of hydrogen-bond acceptors (Lipinski definition) is 5. The third kappa shape index (κ3) is 2.22. The SMILES string of the molecule is N#CNc1cc(Nc2ccc[nH]2)ncn1. The fourth-order valence-corrected chi connectivity index (χ4v) is 1.10. The van der Waals surface area contributed by atoms with Gasteiger partial charge >= 0.3 is 0 Å². The molecule has 6 nitrogen and oxygen atoms in total. The highest BCUT2D eigenvalue weighted by Crippen LogP contribution is 2.13. The van der Waals surface area contributed by atoms with Crippen LogP contribution in [0.4, 0.5) is 17.5 Å². The summed E-state index contributed by atoms with van der Waals surface area (Å²) in [5.41, 5.74) is 0. The van der Waals surface area contributed by atoms with Gasteiger partial charge < -0.3 is 10.3 Å². The third-order valence-electron chi connectivity index (χ3n) is 1.71. The molecule has 2 aromatic heterocycles. The smallest absolute Gasteiger partial charge is 0.182 e. The minimum absolute atomic E-state index is 0.460. The van der Waals surface area contributed by atoms with Crippen molar-refractivity contribution in [1.82, 2.24) is 15.0 Å². The summed E-state index contributed by atoms with van der Waals surface area (Å²) >= 11 is 0. The summed E-state index contributed by atoms with van der Waals surface area (Å²) in [4.78, 5) is 10.8. The molecule has 2 aromatic rings. The van der Waals surface area contributed by atoms with E-state index in [2.05, 4.69) is 25.6 Å². The number of hydrogen-bond donors (Lipinski definition) is 3. The van der Waals surface area contributed by atoms with Crippen LogP contribution in [0.3, 0.4) is 0 Å². The van der Waals surface area contributed by atoms with Crippen molar-refractivity contribution >= 4 is 17.5 Å². The average molecular weight is 200 g/mol. The van der Waals surface area contributed by atoms with Gasteiger partial charge in [0.05, 0.1) is 0 Å². The highest BCUT2D eigenvalue weighted by molar-refractivity contribution is 5.56. The van der Waals surface area contributed by atoms with Gasteiger partial charge in [0.2, 0.25) is 0 Å². The van der Waals surface area contributed by atoms with Gasteiger partial charge in [0, 0.05) is 12.3 Å². The summed E-state index contributed by atoms with van der Waals surface area (Å²) in [6.07, 6.45) is 4.98. The van der Waals surface area contributed by atoms with Gasteiger partial charge in [0.25, 0.3) is 0 Å². The number of nitriles is 1. The second kappa shape index (κ2) is 4.11. The van der Waals surface area contributed by atoms with E-state index in [1.54, 1.807) is 18.5 Å². The van der Waals surface area contributed by atoms with E-state index in [-0.39, 0.29) is 0 Å². The lowest BCUT2D eigenvalue weighted by molar-refractivity contribution is 1.16. The molecular formula is C9H8N6. The number of anilines is 3. The van der Waals surface area contributed by atoms with Crippen molar-refractivity contribution < 1.29 is 0 Å². The molecule has 0 unspecified atom stereocenters. The maximum Gasteiger partial charge on any atom is 0.182 e. The number of H-pyrrole nitrogens is 1. The molecule has 2 rings (SSSR count). The van der Waals surface area contributed by atoms with Crippen molar-refractivity contribution in [3.05, 3.63) is 30.7 Å². The first kappa shape index (κ1) is 9.02. The Labute approximate surface area is 86.0 Å². The Morgan fingerprint density at radius 2 is 2.20 bits per heavy atom. The van der Waals surface area contributed by atoms with Gasteiger partial charge in [-0.15, -0.1) is 0 Å². The molecule has 2 heterocycles. The van der Waals surface area contributed by atoms with E-state index in [4.69, 9.17) is 5.26 Å². The van der Waals surface area contributed by atoms with Crippen molar-refractivity contribution in [1.29, 1.82) is 5.26 Å². The zero-order chi connectivity index (χ0) is 10.5. The van der Waals surface area contributed by atoms with Crippen molar-refractivity contribution in [3.8, 4) is 6.19 Å². The fourth-order valence-electron chi connectivity index (χ4n) is 1.10. The molecule has 0 fully saturated rings. The summed E-state index contributed by atoms with van der Waals surface area (Å²) in [6, 6.07) is 5.39. The summed E-state index contributed by atoms with van der Waals surface area (Å²) in [7, 11) is 0. The molecule has 74 valence electrons. The zero-order valence-corrected chi connectivity index (χ0v) is 7.73. The van der Waals surface area contributed by atoms with Crippen molar-refractivity contribution in [3.63, 3.8) is 0 Å². The molecule has 0 saturated heterocycles. The van der Waals surface area contributed by atoms with Crippen LogP contribution in [0.25, 0.3) is 0 Å². The monoisotopic (exact) mass is 200 g/mol. The van der Waals surface area contributed by atoms with Gasteiger partial charge in [0.1, 0.15) is 23.8 Å². The van der Waals surface area contributed by atoms with Crippen LogP contribution in [-0.2, 0) is 0 Å². The maximum absolute atomic E-state index is 8.42. The molecule has 0 aliphatic carbocycles. The van der Waals surface area contributed by atoms with Crippen LogP contribution >= 0.6 is 0 Å². The minimum Gasteiger partial charge on any atom is -0.348 e. The van der Waals surface area contributed by atoms with E-state index < -0.39 is 0 Å². The van der Waals surface area contributed by atoms with Crippen LogP contribution in [-0.4, -0.2) is 15.0 Å². The van der Waals surface area contributed by atoms with Gasteiger partial charge in [-0.25, -0.2) is 9.97 Å². The van der Waals surface area contributed by atoms with E-state index >= 15 is 0 Å². The molecule has 0 radical (unpaired) electrons. The molecule has 0 aliphatic rings. The molecule has 6 heteroatoms. The first-order chi connectivity index (χ1) is 7.38. The lowest BCUT2D eigenvalue weighted by Crippen LogP contribution is -1.97. The Bertz CT molecular complexity index is 470. The topological polar surface area (TPSA) is 89.4 Å². The fraction of sp³-hybridized carbons (Fsp3) is 0. The Hall–Kier alpha value is -2.55. The number of aromatic amines is 1. The Morgan fingerprint density at radius 3 is 2.93 bits per heavy atom. The van der Waals surface area contributed by atoms with Crippen molar-refractivity contribution in [2.75, 3.05) is 10.6 Å². The van der Waals surface area contributed by atoms with Gasteiger partial charge in [-0.1, -0.05) is 0 Å². The molecule has 3 N–H and O–H groups in total. The van der Waals surface area contributed by atoms with Gasteiger partial charge in [0.15, 0.2) is 6.19 Å². The van der Waals surface area contributed by atoms with Crippen LogP contribution in [0.1, 0.15) is 0 Å². The molecule has 15 heavy (non-hydrogen) atoms. The highest BCUT2D eigenvalue weighted by atomic mass is 15.1. The molecule has 0 bridgehead atoms. The predicted molar refractivity (Wildman–Crippen MR) is 55.3 cm³/mol. The zero-order valence-electron chi connectivity index (χ0n) is 7.73. The number of nitrogens with zero attached hydrogens (tertiary/aromatic N) is 3. The quantitative estimate of drug-likeness (QED) is 0.515. The van der Waals surface area contributed by atoms with Crippen LogP contribution in [0.2, 0.25) is 0 Å².